The molecule has 0 fully saturated rings. The zero-order valence-corrected chi connectivity index (χ0v) is 14.3. The molecule has 24 heavy (non-hydrogen) atoms. The maximum absolute atomic E-state index is 12.3. The van der Waals surface area contributed by atoms with Gasteiger partial charge in [-0.05, 0) is 48.9 Å². The van der Waals surface area contributed by atoms with Crippen LogP contribution in [0.5, 0.6) is 0 Å². The Kier molecular flexibility index (Phi) is 4.51. The van der Waals surface area contributed by atoms with Crippen molar-refractivity contribution >= 4 is 40.5 Å². The van der Waals surface area contributed by atoms with Crippen LogP contribution in [-0.4, -0.2) is 5.91 Å². The fourth-order valence-electron chi connectivity index (χ4n) is 2.25. The summed E-state index contributed by atoms with van der Waals surface area (Å²) in [5.41, 5.74) is 8.42. The molecule has 0 aliphatic rings. The van der Waals surface area contributed by atoms with E-state index in [2.05, 4.69) is 5.32 Å². The van der Waals surface area contributed by atoms with Gasteiger partial charge in [-0.25, -0.2) is 0 Å². The predicted octanol–water partition coefficient (Wildman–Crippen LogP) is 5.40. The summed E-state index contributed by atoms with van der Waals surface area (Å²) in [7, 11) is 0. The smallest absolute Gasteiger partial charge is 0.291 e. The first kappa shape index (κ1) is 16.4. The second-order valence-electron chi connectivity index (χ2n) is 5.32. The van der Waals surface area contributed by atoms with Crippen LogP contribution in [0, 0.1) is 6.92 Å². The average molecular weight is 361 g/mol. The zero-order chi connectivity index (χ0) is 17.3. The number of carbonyl (C=O) groups is 1. The van der Waals surface area contributed by atoms with Crippen molar-refractivity contribution in [2.24, 2.45) is 0 Å². The number of halogens is 2. The zero-order valence-electron chi connectivity index (χ0n) is 12.8. The molecule has 0 radical (unpaired) electrons. The number of nitrogens with one attached hydrogen (secondary N) is 1. The maximum atomic E-state index is 12.3. The van der Waals surface area contributed by atoms with Crippen molar-refractivity contribution in [3.8, 4) is 11.3 Å². The normalized spacial score (nSPS) is 10.6. The van der Waals surface area contributed by atoms with Gasteiger partial charge < -0.3 is 15.5 Å². The van der Waals surface area contributed by atoms with Gasteiger partial charge >= 0.3 is 0 Å². The van der Waals surface area contributed by atoms with Crippen LogP contribution in [0.25, 0.3) is 11.3 Å². The minimum absolute atomic E-state index is 0.168. The number of anilines is 2. The third-order valence-electron chi connectivity index (χ3n) is 3.52. The van der Waals surface area contributed by atoms with Crippen molar-refractivity contribution in [1.82, 2.24) is 0 Å². The molecular formula is C18H14Cl2N2O2. The lowest BCUT2D eigenvalue weighted by Gasteiger charge is -2.09. The van der Waals surface area contributed by atoms with Crippen LogP contribution in [0.3, 0.4) is 0 Å². The number of hydrogen-bond acceptors (Lipinski definition) is 3. The molecule has 1 amide bonds. The van der Waals surface area contributed by atoms with E-state index < -0.39 is 5.91 Å². The summed E-state index contributed by atoms with van der Waals surface area (Å²) in [4.78, 5) is 12.3. The first-order valence-electron chi connectivity index (χ1n) is 7.17. The topological polar surface area (TPSA) is 68.3 Å². The van der Waals surface area contributed by atoms with Crippen LogP contribution < -0.4 is 11.1 Å². The highest BCUT2D eigenvalue weighted by Gasteiger charge is 2.14. The second kappa shape index (κ2) is 6.59. The van der Waals surface area contributed by atoms with Crippen LogP contribution in [-0.2, 0) is 0 Å². The number of amides is 1. The molecule has 2 aromatic carbocycles. The summed E-state index contributed by atoms with van der Waals surface area (Å²) in [6, 6.07) is 13.8. The Morgan fingerprint density at radius 3 is 2.67 bits per heavy atom. The van der Waals surface area contributed by atoms with Crippen molar-refractivity contribution in [3.63, 3.8) is 0 Å². The minimum Gasteiger partial charge on any atom is -0.451 e. The number of nitrogens with two attached hydrogens (primary N) is 1. The minimum atomic E-state index is -0.408. The molecule has 0 saturated heterocycles. The van der Waals surface area contributed by atoms with E-state index >= 15 is 0 Å². The van der Waals surface area contributed by atoms with Gasteiger partial charge in [0.1, 0.15) is 5.76 Å². The average Bonchev–Trinajstić information content (AvgIpc) is 3.02. The predicted molar refractivity (Wildman–Crippen MR) is 97.7 cm³/mol. The van der Waals surface area contributed by atoms with Crippen LogP contribution in [0.15, 0.2) is 52.9 Å². The van der Waals surface area contributed by atoms with Crippen molar-refractivity contribution in [2.45, 2.75) is 6.92 Å². The van der Waals surface area contributed by atoms with E-state index in [9.17, 15) is 4.79 Å². The molecule has 122 valence electrons. The van der Waals surface area contributed by atoms with Crippen molar-refractivity contribution < 1.29 is 9.21 Å². The third-order valence-corrected chi connectivity index (χ3v) is 4.16. The number of rotatable bonds is 3. The highest BCUT2D eigenvalue weighted by Crippen LogP contribution is 2.28. The molecule has 0 unspecified atom stereocenters. The molecule has 1 aromatic heterocycles. The number of benzene rings is 2. The number of furan rings is 1. The van der Waals surface area contributed by atoms with Gasteiger partial charge in [0.15, 0.2) is 5.76 Å². The van der Waals surface area contributed by atoms with Gasteiger partial charge in [0.2, 0.25) is 0 Å². The molecule has 0 bridgehead atoms. The Morgan fingerprint density at radius 1 is 1.12 bits per heavy atom. The number of nitrogen functional groups attached to an aromatic ring is 1. The van der Waals surface area contributed by atoms with Gasteiger partial charge in [-0.1, -0.05) is 35.3 Å². The van der Waals surface area contributed by atoms with Gasteiger partial charge in [-0.15, -0.1) is 0 Å². The number of hydrogen-bond donors (Lipinski definition) is 2. The van der Waals surface area contributed by atoms with Gasteiger partial charge in [0, 0.05) is 15.6 Å². The van der Waals surface area contributed by atoms with Crippen molar-refractivity contribution in [3.05, 3.63) is 69.9 Å². The first-order valence-corrected chi connectivity index (χ1v) is 7.92. The van der Waals surface area contributed by atoms with E-state index in [1.165, 1.54) is 0 Å². The molecule has 6 heteroatoms. The summed E-state index contributed by atoms with van der Waals surface area (Å²) in [5.74, 6) is 0.313. The van der Waals surface area contributed by atoms with Gasteiger partial charge in [-0.2, -0.15) is 0 Å². The van der Waals surface area contributed by atoms with Crippen molar-refractivity contribution in [1.29, 1.82) is 0 Å². The van der Waals surface area contributed by atoms with E-state index in [-0.39, 0.29) is 5.76 Å². The number of carbonyl (C=O) groups excluding carboxylic acids is 1. The quantitative estimate of drug-likeness (QED) is 0.614. The molecule has 3 rings (SSSR count). The van der Waals surface area contributed by atoms with E-state index in [4.69, 9.17) is 33.4 Å². The fraction of sp³-hybridized carbons (Fsp3) is 0.0556. The Hall–Kier alpha value is -2.43. The van der Waals surface area contributed by atoms with E-state index in [0.717, 1.165) is 11.1 Å². The van der Waals surface area contributed by atoms with Gasteiger partial charge in [0.25, 0.3) is 5.91 Å². The standard InChI is InChI=1S/C18H14Cl2N2O2/c1-10-7-14(21)15(9-13(10)20)22-18(23)17-6-5-16(24-17)11-3-2-4-12(19)8-11/h2-9H,21H2,1H3,(H,22,23). The Balaban J connectivity index is 1.83. The second-order valence-corrected chi connectivity index (χ2v) is 6.16. The van der Waals surface area contributed by atoms with E-state index in [1.54, 1.807) is 36.4 Å². The monoisotopic (exact) mass is 360 g/mol. The molecule has 3 N–H and O–H groups in total. The summed E-state index contributed by atoms with van der Waals surface area (Å²) in [6.07, 6.45) is 0. The first-order chi connectivity index (χ1) is 11.4. The largest absolute Gasteiger partial charge is 0.451 e. The Morgan fingerprint density at radius 2 is 1.92 bits per heavy atom. The SMILES string of the molecule is Cc1cc(N)c(NC(=O)c2ccc(-c3cccc(Cl)c3)o2)cc1Cl. The van der Waals surface area contributed by atoms with Crippen LogP contribution in [0.4, 0.5) is 11.4 Å². The maximum Gasteiger partial charge on any atom is 0.291 e. The summed E-state index contributed by atoms with van der Waals surface area (Å²) in [5, 5.41) is 3.82. The van der Waals surface area contributed by atoms with E-state index in [1.807, 2.05) is 19.1 Å². The molecule has 1 heterocycles. The molecule has 3 aromatic rings. The van der Waals surface area contributed by atoms with Crippen LogP contribution in [0.1, 0.15) is 16.1 Å². The lowest BCUT2D eigenvalue weighted by molar-refractivity contribution is 0.0997. The van der Waals surface area contributed by atoms with Crippen molar-refractivity contribution in [2.75, 3.05) is 11.1 Å². The third kappa shape index (κ3) is 3.40. The molecule has 0 saturated carbocycles. The van der Waals surface area contributed by atoms with Gasteiger partial charge in [-0.3, -0.25) is 4.79 Å². The molecule has 0 spiro atoms. The lowest BCUT2D eigenvalue weighted by atomic mass is 10.2. The Bertz CT molecular complexity index is 919. The highest BCUT2D eigenvalue weighted by molar-refractivity contribution is 6.32. The molecule has 0 atom stereocenters. The number of aryl methyl sites for hydroxylation is 1. The van der Waals surface area contributed by atoms with Crippen LogP contribution in [0.2, 0.25) is 10.0 Å². The lowest BCUT2D eigenvalue weighted by Crippen LogP contribution is -2.12. The van der Waals surface area contributed by atoms with E-state index in [0.29, 0.717) is 27.2 Å². The molecular weight excluding hydrogens is 347 g/mol. The fourth-order valence-corrected chi connectivity index (χ4v) is 2.61. The Labute approximate surface area is 149 Å². The highest BCUT2D eigenvalue weighted by atomic mass is 35.5. The molecule has 4 nitrogen and oxygen atoms in total. The summed E-state index contributed by atoms with van der Waals surface area (Å²) < 4.78 is 5.61. The van der Waals surface area contributed by atoms with Gasteiger partial charge in [0.05, 0.1) is 11.4 Å². The molecule has 0 aliphatic carbocycles. The van der Waals surface area contributed by atoms with Crippen LogP contribution >= 0.6 is 23.2 Å². The summed E-state index contributed by atoms with van der Waals surface area (Å²) >= 11 is 12.0. The molecule has 0 aliphatic heterocycles. The summed E-state index contributed by atoms with van der Waals surface area (Å²) in [6.45, 7) is 1.84.